The molecule has 0 saturated heterocycles. The first-order valence-corrected chi connectivity index (χ1v) is 11.4. The average Bonchev–Trinajstić information content (AvgIpc) is 3.15. The highest BCUT2D eigenvalue weighted by atomic mass is 35.5. The van der Waals surface area contributed by atoms with E-state index in [0.717, 1.165) is 5.56 Å². The first-order chi connectivity index (χ1) is 17.0. The number of nitrogens with zero attached hydrogens (tertiary/aromatic N) is 1. The summed E-state index contributed by atoms with van der Waals surface area (Å²) in [6, 6.07) is 19.1. The van der Waals surface area contributed by atoms with Crippen LogP contribution in [0, 0.1) is 0 Å². The van der Waals surface area contributed by atoms with Gasteiger partial charge < -0.3 is 18.8 Å². The molecule has 6 nitrogen and oxygen atoms in total. The minimum Gasteiger partial charge on any atom is -0.493 e. The van der Waals surface area contributed by atoms with Crippen molar-refractivity contribution >= 4 is 28.5 Å². The van der Waals surface area contributed by atoms with Crippen LogP contribution in [-0.4, -0.2) is 24.5 Å². The summed E-state index contributed by atoms with van der Waals surface area (Å²) < 4.78 is 17.2. The summed E-state index contributed by atoms with van der Waals surface area (Å²) in [5.41, 5.74) is 1.94. The van der Waals surface area contributed by atoms with Gasteiger partial charge in [-0.1, -0.05) is 60.7 Å². The predicted molar refractivity (Wildman–Crippen MR) is 134 cm³/mol. The minimum atomic E-state index is -0.681. The van der Waals surface area contributed by atoms with E-state index in [1.807, 2.05) is 36.4 Å². The van der Waals surface area contributed by atoms with Crippen molar-refractivity contribution in [2.45, 2.75) is 12.6 Å². The number of carbonyl (C=O) groups excluding carboxylic acids is 1. The van der Waals surface area contributed by atoms with E-state index in [1.165, 1.54) is 0 Å². The number of amides is 1. The van der Waals surface area contributed by atoms with Gasteiger partial charge in [0.2, 0.25) is 5.76 Å². The fourth-order valence-electron chi connectivity index (χ4n) is 4.40. The van der Waals surface area contributed by atoms with Crippen molar-refractivity contribution in [2.75, 3.05) is 13.7 Å². The molecule has 176 valence electrons. The van der Waals surface area contributed by atoms with E-state index in [-0.39, 0.29) is 22.7 Å². The lowest BCUT2D eigenvalue weighted by molar-refractivity contribution is 0.0714. The number of rotatable bonds is 7. The van der Waals surface area contributed by atoms with Gasteiger partial charge in [0.05, 0.1) is 24.1 Å². The van der Waals surface area contributed by atoms with Gasteiger partial charge in [0, 0.05) is 11.6 Å². The Labute approximate surface area is 207 Å². The third-order valence-electron chi connectivity index (χ3n) is 5.98. The Morgan fingerprint density at radius 3 is 2.60 bits per heavy atom. The number of halogens is 1. The van der Waals surface area contributed by atoms with Crippen LogP contribution in [0.25, 0.3) is 11.0 Å². The van der Waals surface area contributed by atoms with Gasteiger partial charge in [0.15, 0.2) is 16.9 Å². The monoisotopic (exact) mass is 487 g/mol. The zero-order valence-electron chi connectivity index (χ0n) is 19.0. The second-order valence-electron chi connectivity index (χ2n) is 8.15. The summed E-state index contributed by atoms with van der Waals surface area (Å²) in [6.07, 6.45) is 1.64. The number of fused-ring (bicyclic) bond motifs is 2. The van der Waals surface area contributed by atoms with E-state index in [9.17, 15) is 9.59 Å². The molecule has 0 saturated carbocycles. The second-order valence-corrected chi connectivity index (χ2v) is 8.58. The van der Waals surface area contributed by atoms with Gasteiger partial charge in [-0.3, -0.25) is 9.59 Å². The van der Waals surface area contributed by atoms with E-state index in [1.54, 1.807) is 48.4 Å². The highest BCUT2D eigenvalue weighted by Gasteiger charge is 2.43. The predicted octanol–water partition coefficient (Wildman–Crippen LogP) is 5.77. The molecule has 7 heteroatoms. The van der Waals surface area contributed by atoms with Crippen LogP contribution >= 0.6 is 11.6 Å². The lowest BCUT2D eigenvalue weighted by Crippen LogP contribution is -2.29. The maximum Gasteiger partial charge on any atom is 0.291 e. The lowest BCUT2D eigenvalue weighted by atomic mass is 9.97. The molecule has 1 unspecified atom stereocenters. The van der Waals surface area contributed by atoms with Crippen LogP contribution in [0.4, 0.5) is 0 Å². The Morgan fingerprint density at radius 2 is 1.86 bits per heavy atom. The number of methoxy groups -OCH3 is 1. The molecule has 0 radical (unpaired) electrons. The quantitative estimate of drug-likeness (QED) is 0.310. The maximum atomic E-state index is 13.7. The van der Waals surface area contributed by atoms with Gasteiger partial charge in [-0.2, -0.15) is 0 Å². The Balaban J connectivity index is 1.70. The summed E-state index contributed by atoms with van der Waals surface area (Å²) in [6.45, 7) is 4.28. The Kier molecular flexibility index (Phi) is 6.05. The molecule has 0 spiro atoms. The SMILES string of the molecule is C=CCOc1ccc(C2c3c(oc4ccc(Cl)cc4c3=O)C(=O)N2Cc2ccccc2)cc1OC. The third kappa shape index (κ3) is 4.06. The fourth-order valence-corrected chi connectivity index (χ4v) is 4.58. The molecule has 1 aliphatic heterocycles. The Morgan fingerprint density at radius 1 is 1.06 bits per heavy atom. The summed E-state index contributed by atoms with van der Waals surface area (Å²) >= 11 is 6.16. The lowest BCUT2D eigenvalue weighted by Gasteiger charge is -2.26. The van der Waals surface area contributed by atoms with Gasteiger partial charge in [-0.05, 0) is 41.5 Å². The van der Waals surface area contributed by atoms with Crippen molar-refractivity contribution < 1.29 is 18.7 Å². The summed E-state index contributed by atoms with van der Waals surface area (Å²) in [5.74, 6) is 0.705. The van der Waals surface area contributed by atoms with Crippen molar-refractivity contribution in [3.8, 4) is 11.5 Å². The Hall–Kier alpha value is -4.03. The molecule has 35 heavy (non-hydrogen) atoms. The van der Waals surface area contributed by atoms with Crippen molar-refractivity contribution in [2.24, 2.45) is 0 Å². The molecule has 2 heterocycles. The van der Waals surface area contributed by atoms with Gasteiger partial charge in [-0.15, -0.1) is 0 Å². The van der Waals surface area contributed by atoms with Crippen LogP contribution in [0.1, 0.15) is 33.3 Å². The van der Waals surface area contributed by atoms with Crippen LogP contribution < -0.4 is 14.9 Å². The fraction of sp³-hybridized carbons (Fsp3) is 0.143. The number of hydrogen-bond acceptors (Lipinski definition) is 5. The Bertz CT molecular complexity index is 1490. The van der Waals surface area contributed by atoms with Crippen LogP contribution in [0.2, 0.25) is 5.02 Å². The largest absolute Gasteiger partial charge is 0.493 e. The summed E-state index contributed by atoms with van der Waals surface area (Å²) in [7, 11) is 1.54. The summed E-state index contributed by atoms with van der Waals surface area (Å²) in [5, 5.41) is 0.741. The minimum absolute atomic E-state index is 0.0386. The third-order valence-corrected chi connectivity index (χ3v) is 6.22. The molecule has 3 aromatic carbocycles. The van der Waals surface area contributed by atoms with E-state index < -0.39 is 6.04 Å². The number of benzene rings is 3. The van der Waals surface area contributed by atoms with Gasteiger partial charge in [0.25, 0.3) is 5.91 Å². The molecule has 1 amide bonds. The summed E-state index contributed by atoms with van der Waals surface area (Å²) in [4.78, 5) is 29.0. The van der Waals surface area contributed by atoms with Crippen LogP contribution in [-0.2, 0) is 6.54 Å². The van der Waals surface area contributed by atoms with E-state index in [0.29, 0.717) is 46.2 Å². The molecular formula is C28H22ClNO5. The molecule has 5 rings (SSSR count). The van der Waals surface area contributed by atoms with Gasteiger partial charge >= 0.3 is 0 Å². The standard InChI is InChI=1S/C28H22ClNO5/c1-3-13-34-22-11-9-18(14-23(22)33-2)25-24-26(31)20-15-19(29)10-12-21(20)35-27(24)28(32)30(25)16-17-7-5-4-6-8-17/h3-12,14-15,25H,1,13,16H2,2H3. The first-order valence-electron chi connectivity index (χ1n) is 11.0. The average molecular weight is 488 g/mol. The smallest absolute Gasteiger partial charge is 0.291 e. The molecule has 0 bridgehead atoms. The second kappa shape index (κ2) is 9.31. The number of carbonyl (C=O) groups is 1. The van der Waals surface area contributed by atoms with E-state index >= 15 is 0 Å². The van der Waals surface area contributed by atoms with E-state index in [4.69, 9.17) is 25.5 Å². The van der Waals surface area contributed by atoms with Crippen molar-refractivity contribution in [3.05, 3.63) is 117 Å². The van der Waals surface area contributed by atoms with Crippen molar-refractivity contribution in [1.82, 2.24) is 4.90 Å². The molecule has 4 aromatic rings. The zero-order chi connectivity index (χ0) is 24.5. The first kappa shape index (κ1) is 22.7. The number of ether oxygens (including phenoxy) is 2. The van der Waals surface area contributed by atoms with Crippen molar-refractivity contribution in [1.29, 1.82) is 0 Å². The number of hydrogen-bond donors (Lipinski definition) is 0. The molecule has 1 aromatic heterocycles. The van der Waals surface area contributed by atoms with Crippen LogP contribution in [0.15, 0.2) is 88.6 Å². The molecule has 1 atom stereocenters. The molecular weight excluding hydrogens is 466 g/mol. The highest BCUT2D eigenvalue weighted by molar-refractivity contribution is 6.31. The molecule has 0 N–H and O–H groups in total. The maximum absolute atomic E-state index is 13.7. The highest BCUT2D eigenvalue weighted by Crippen LogP contribution is 2.41. The van der Waals surface area contributed by atoms with E-state index in [2.05, 4.69) is 6.58 Å². The van der Waals surface area contributed by atoms with Crippen LogP contribution in [0.5, 0.6) is 11.5 Å². The normalized spacial score (nSPS) is 14.7. The molecule has 1 aliphatic rings. The topological polar surface area (TPSA) is 69.0 Å². The van der Waals surface area contributed by atoms with Crippen LogP contribution in [0.3, 0.4) is 0 Å². The van der Waals surface area contributed by atoms with Crippen molar-refractivity contribution in [3.63, 3.8) is 0 Å². The van der Waals surface area contributed by atoms with Gasteiger partial charge in [0.1, 0.15) is 12.2 Å². The van der Waals surface area contributed by atoms with Gasteiger partial charge in [-0.25, -0.2) is 0 Å². The molecule has 0 aliphatic carbocycles. The molecule has 0 fully saturated rings. The zero-order valence-corrected chi connectivity index (χ0v) is 19.7.